The van der Waals surface area contributed by atoms with E-state index < -0.39 is 6.04 Å². The zero-order chi connectivity index (χ0) is 18.2. The number of nitrogens with zero attached hydrogens (tertiary/aromatic N) is 1. The van der Waals surface area contributed by atoms with Gasteiger partial charge < -0.3 is 15.7 Å². The lowest BCUT2D eigenvalue weighted by atomic mass is 10.0. The molecule has 2 rings (SSSR count). The summed E-state index contributed by atoms with van der Waals surface area (Å²) in [6, 6.07) is 10.4. The minimum absolute atomic E-state index is 0.00328. The van der Waals surface area contributed by atoms with Gasteiger partial charge >= 0.3 is 6.03 Å². The monoisotopic (exact) mass is 345 g/mol. The second-order valence-electron chi connectivity index (χ2n) is 6.22. The summed E-state index contributed by atoms with van der Waals surface area (Å²) in [4.78, 5) is 16.7. The van der Waals surface area contributed by atoms with Gasteiger partial charge in [-0.3, -0.25) is 4.98 Å². The highest BCUT2D eigenvalue weighted by Crippen LogP contribution is 2.21. The van der Waals surface area contributed by atoms with Crippen LogP contribution in [0.3, 0.4) is 0 Å². The molecule has 0 saturated heterocycles. The van der Waals surface area contributed by atoms with Crippen molar-refractivity contribution in [1.29, 1.82) is 0 Å². The highest BCUT2D eigenvalue weighted by Gasteiger charge is 2.21. The Morgan fingerprint density at radius 1 is 1.20 bits per heavy atom. The molecule has 1 aromatic heterocycles. The number of carbonyl (C=O) groups is 1. The molecule has 5 nitrogen and oxygen atoms in total. The van der Waals surface area contributed by atoms with Gasteiger partial charge in [-0.1, -0.05) is 32.0 Å². The molecule has 6 heteroatoms. The summed E-state index contributed by atoms with van der Waals surface area (Å²) in [6.07, 6.45) is 2.10. The number of aliphatic hydroxyl groups is 1. The Kier molecular flexibility index (Phi) is 6.89. The average molecular weight is 345 g/mol. The van der Waals surface area contributed by atoms with Crippen LogP contribution in [-0.4, -0.2) is 28.8 Å². The first-order chi connectivity index (χ1) is 12.0. The fourth-order valence-corrected chi connectivity index (χ4v) is 2.61. The van der Waals surface area contributed by atoms with Crippen LogP contribution in [0.4, 0.5) is 9.18 Å². The highest BCUT2D eigenvalue weighted by molar-refractivity contribution is 5.75. The number of carbonyl (C=O) groups excluding carboxylic acids is 1. The zero-order valence-electron chi connectivity index (χ0n) is 14.4. The number of rotatable bonds is 7. The molecule has 3 N–H and O–H groups in total. The molecule has 2 unspecified atom stereocenters. The molecule has 0 aliphatic heterocycles. The fraction of sp³-hybridized carbons (Fsp3) is 0.368. The second-order valence-corrected chi connectivity index (χ2v) is 6.22. The summed E-state index contributed by atoms with van der Waals surface area (Å²) in [6.45, 7) is 3.95. The Morgan fingerprint density at radius 2 is 2.00 bits per heavy atom. The predicted octanol–water partition coefficient (Wildman–Crippen LogP) is 3.02. The fourth-order valence-electron chi connectivity index (χ4n) is 2.61. The van der Waals surface area contributed by atoms with Crippen molar-refractivity contribution < 1.29 is 14.3 Å². The van der Waals surface area contributed by atoms with E-state index in [4.69, 9.17) is 5.11 Å². The normalized spacial score (nSPS) is 13.3. The molecule has 0 spiro atoms. The number of aromatic nitrogens is 1. The highest BCUT2D eigenvalue weighted by atomic mass is 19.1. The van der Waals surface area contributed by atoms with Crippen molar-refractivity contribution in [2.75, 3.05) is 6.61 Å². The Morgan fingerprint density at radius 3 is 2.60 bits per heavy atom. The molecular weight excluding hydrogens is 321 g/mol. The number of benzene rings is 1. The van der Waals surface area contributed by atoms with Gasteiger partial charge in [0.05, 0.1) is 11.7 Å². The number of nitrogens with one attached hydrogen (secondary N) is 2. The van der Waals surface area contributed by atoms with Crippen molar-refractivity contribution in [1.82, 2.24) is 15.6 Å². The van der Waals surface area contributed by atoms with E-state index >= 15 is 0 Å². The minimum Gasteiger partial charge on any atom is -0.396 e. The number of pyridine rings is 1. The third-order valence-electron chi connectivity index (χ3n) is 4.00. The summed E-state index contributed by atoms with van der Waals surface area (Å²) < 4.78 is 13.6. The third-order valence-corrected chi connectivity index (χ3v) is 4.00. The van der Waals surface area contributed by atoms with E-state index in [-0.39, 0.29) is 30.4 Å². The maximum absolute atomic E-state index is 13.6. The molecular formula is C19H24FN3O2. The van der Waals surface area contributed by atoms with Gasteiger partial charge in [-0.15, -0.1) is 0 Å². The molecule has 0 radical (unpaired) electrons. The molecule has 134 valence electrons. The lowest BCUT2D eigenvalue weighted by molar-refractivity contribution is 0.217. The van der Waals surface area contributed by atoms with Crippen LogP contribution in [0, 0.1) is 11.7 Å². The molecule has 25 heavy (non-hydrogen) atoms. The lowest BCUT2D eigenvalue weighted by Crippen LogP contribution is -2.46. The largest absolute Gasteiger partial charge is 0.396 e. The first kappa shape index (κ1) is 18.9. The van der Waals surface area contributed by atoms with Gasteiger partial charge in [0, 0.05) is 18.8 Å². The lowest BCUT2D eigenvalue weighted by Gasteiger charge is -2.24. The van der Waals surface area contributed by atoms with E-state index in [1.165, 1.54) is 12.1 Å². The maximum Gasteiger partial charge on any atom is 0.315 e. The summed E-state index contributed by atoms with van der Waals surface area (Å²) in [7, 11) is 0. The number of halogens is 1. The maximum atomic E-state index is 13.6. The quantitative estimate of drug-likeness (QED) is 0.722. The minimum atomic E-state index is -0.571. The summed E-state index contributed by atoms with van der Waals surface area (Å²) >= 11 is 0. The third kappa shape index (κ3) is 5.53. The van der Waals surface area contributed by atoms with Gasteiger partial charge in [0.25, 0.3) is 0 Å². The van der Waals surface area contributed by atoms with Gasteiger partial charge in [0.15, 0.2) is 0 Å². The van der Waals surface area contributed by atoms with E-state index in [1.807, 2.05) is 19.9 Å². The topological polar surface area (TPSA) is 74.2 Å². The van der Waals surface area contributed by atoms with Crippen LogP contribution in [0.2, 0.25) is 0 Å². The van der Waals surface area contributed by atoms with Crippen LogP contribution in [0.25, 0.3) is 0 Å². The Labute approximate surface area is 147 Å². The number of aliphatic hydroxyl groups excluding tert-OH is 1. The van der Waals surface area contributed by atoms with Crippen molar-refractivity contribution in [2.24, 2.45) is 5.92 Å². The Balaban J connectivity index is 2.20. The van der Waals surface area contributed by atoms with Gasteiger partial charge in [0.2, 0.25) is 0 Å². The van der Waals surface area contributed by atoms with Gasteiger partial charge in [-0.25, -0.2) is 9.18 Å². The molecule has 2 aromatic rings. The van der Waals surface area contributed by atoms with E-state index in [0.29, 0.717) is 17.7 Å². The molecule has 0 fully saturated rings. The number of urea groups is 1. The number of hydrogen-bond acceptors (Lipinski definition) is 3. The van der Waals surface area contributed by atoms with Crippen molar-refractivity contribution >= 4 is 6.03 Å². The van der Waals surface area contributed by atoms with Crippen molar-refractivity contribution in [3.05, 3.63) is 65.7 Å². The Hall–Kier alpha value is -2.47. The molecule has 1 heterocycles. The predicted molar refractivity (Wildman–Crippen MR) is 94.5 cm³/mol. The van der Waals surface area contributed by atoms with Crippen molar-refractivity contribution in [3.63, 3.8) is 0 Å². The van der Waals surface area contributed by atoms with Crippen LogP contribution < -0.4 is 10.6 Å². The summed E-state index contributed by atoms with van der Waals surface area (Å²) in [5.74, 6) is -0.193. The number of hydrogen-bond donors (Lipinski definition) is 3. The van der Waals surface area contributed by atoms with Crippen LogP contribution in [0.15, 0.2) is 48.7 Å². The summed E-state index contributed by atoms with van der Waals surface area (Å²) in [5.41, 5.74) is 1.23. The first-order valence-corrected chi connectivity index (χ1v) is 8.35. The van der Waals surface area contributed by atoms with Gasteiger partial charge in [-0.2, -0.15) is 0 Å². The van der Waals surface area contributed by atoms with Gasteiger partial charge in [-0.05, 0) is 42.2 Å². The standard InChI is InChI=1S/C19H24FN3O2/c1-13(2)16(9-11-24)22-19(25)23-18(17-8-3-4-10-21-17)14-6-5-7-15(20)12-14/h3-8,10,12-13,16,18,24H,9,11H2,1-2H3,(H2,22,23,25). The SMILES string of the molecule is CC(C)C(CCO)NC(=O)NC(c1cccc(F)c1)c1ccccn1. The van der Waals surface area contributed by atoms with Gasteiger partial charge in [0.1, 0.15) is 5.82 Å². The van der Waals surface area contributed by atoms with E-state index in [1.54, 1.807) is 30.5 Å². The van der Waals surface area contributed by atoms with E-state index in [2.05, 4.69) is 15.6 Å². The smallest absolute Gasteiger partial charge is 0.315 e. The van der Waals surface area contributed by atoms with Crippen LogP contribution in [-0.2, 0) is 0 Å². The molecule has 0 saturated carbocycles. The zero-order valence-corrected chi connectivity index (χ0v) is 14.4. The van der Waals surface area contributed by atoms with Crippen LogP contribution in [0.5, 0.6) is 0 Å². The first-order valence-electron chi connectivity index (χ1n) is 8.35. The van der Waals surface area contributed by atoms with Crippen molar-refractivity contribution in [3.8, 4) is 0 Å². The average Bonchev–Trinajstić information content (AvgIpc) is 2.60. The molecule has 2 atom stereocenters. The molecule has 0 aliphatic rings. The molecule has 2 amide bonds. The van der Waals surface area contributed by atoms with E-state index in [9.17, 15) is 9.18 Å². The van der Waals surface area contributed by atoms with Crippen LogP contribution in [0.1, 0.15) is 37.6 Å². The molecule has 0 aliphatic carbocycles. The number of amides is 2. The Bertz CT molecular complexity index is 679. The molecule has 1 aromatic carbocycles. The second kappa shape index (κ2) is 9.13. The van der Waals surface area contributed by atoms with Crippen molar-refractivity contribution in [2.45, 2.75) is 32.4 Å². The van der Waals surface area contributed by atoms with E-state index in [0.717, 1.165) is 0 Å². The van der Waals surface area contributed by atoms with Crippen LogP contribution >= 0.6 is 0 Å². The summed E-state index contributed by atoms with van der Waals surface area (Å²) in [5, 5.41) is 14.9. The molecule has 0 bridgehead atoms.